The first-order chi connectivity index (χ1) is 9.15. The fraction of sp³-hybridized carbons (Fsp3) is 0.143. The van der Waals surface area contributed by atoms with Gasteiger partial charge >= 0.3 is 0 Å². The Morgan fingerprint density at radius 1 is 1.11 bits per heavy atom. The minimum atomic E-state index is 0.309. The highest BCUT2D eigenvalue weighted by molar-refractivity contribution is 5.65. The van der Waals surface area contributed by atoms with Crippen LogP contribution in [0.2, 0.25) is 0 Å². The summed E-state index contributed by atoms with van der Waals surface area (Å²) in [5.41, 5.74) is 2.26. The van der Waals surface area contributed by atoms with E-state index in [-0.39, 0.29) is 0 Å². The van der Waals surface area contributed by atoms with Crippen molar-refractivity contribution >= 4 is 11.6 Å². The quantitative estimate of drug-likeness (QED) is 0.816. The molecule has 19 heavy (non-hydrogen) atoms. The zero-order chi connectivity index (χ0) is 13.8. The van der Waals surface area contributed by atoms with Crippen molar-refractivity contribution in [3.63, 3.8) is 0 Å². The molecule has 0 saturated heterocycles. The summed E-state index contributed by atoms with van der Waals surface area (Å²) in [5, 5.41) is 18.0. The van der Waals surface area contributed by atoms with Crippen molar-refractivity contribution in [2.45, 2.75) is 6.92 Å². The number of hydrogen-bond donors (Lipinski definition) is 0. The van der Waals surface area contributed by atoms with Crippen LogP contribution < -0.4 is 4.90 Å². The zero-order valence-corrected chi connectivity index (χ0v) is 10.6. The fourth-order valence-corrected chi connectivity index (χ4v) is 1.73. The van der Waals surface area contributed by atoms with E-state index in [2.05, 4.69) is 16.0 Å². The van der Waals surface area contributed by atoms with Gasteiger partial charge in [0.25, 0.3) is 0 Å². The molecule has 0 unspecified atom stereocenters. The number of aryl methyl sites for hydroxylation is 1. The molecule has 0 saturated carbocycles. The van der Waals surface area contributed by atoms with E-state index in [9.17, 15) is 0 Å². The predicted octanol–water partition coefficient (Wildman–Crippen LogP) is 2.30. The first-order valence-corrected chi connectivity index (χ1v) is 5.64. The Balaban J connectivity index is 2.51. The molecule has 0 aliphatic carbocycles. The summed E-state index contributed by atoms with van der Waals surface area (Å²) in [7, 11) is 1.77. The van der Waals surface area contributed by atoms with Gasteiger partial charge < -0.3 is 4.90 Å². The second-order valence-corrected chi connectivity index (χ2v) is 3.99. The van der Waals surface area contributed by atoms with E-state index in [1.54, 1.807) is 37.1 Å². The highest BCUT2D eigenvalue weighted by atomic mass is 15.2. The van der Waals surface area contributed by atoms with E-state index in [1.165, 1.54) is 0 Å². The number of nitriles is 2. The van der Waals surface area contributed by atoms with E-state index in [4.69, 9.17) is 10.5 Å². The van der Waals surface area contributed by atoms with Gasteiger partial charge in [-0.3, -0.25) is 0 Å². The number of para-hydroxylation sites is 1. The van der Waals surface area contributed by atoms with Crippen molar-refractivity contribution in [3.8, 4) is 12.1 Å². The highest BCUT2D eigenvalue weighted by Crippen LogP contribution is 2.24. The Morgan fingerprint density at radius 2 is 1.84 bits per heavy atom. The van der Waals surface area contributed by atoms with E-state index in [0.29, 0.717) is 28.6 Å². The minimum absolute atomic E-state index is 0.309. The predicted molar refractivity (Wildman–Crippen MR) is 70.7 cm³/mol. The largest absolute Gasteiger partial charge is 0.312 e. The van der Waals surface area contributed by atoms with Crippen molar-refractivity contribution in [2.24, 2.45) is 0 Å². The second-order valence-electron chi connectivity index (χ2n) is 3.99. The number of nitrogens with zero attached hydrogens (tertiary/aromatic N) is 5. The lowest BCUT2D eigenvalue weighted by Gasteiger charge is -2.18. The molecular formula is C14H11N5. The molecular weight excluding hydrogens is 238 g/mol. The van der Waals surface area contributed by atoms with Crippen LogP contribution in [0.3, 0.4) is 0 Å². The average molecular weight is 249 g/mol. The molecule has 0 N–H and O–H groups in total. The molecule has 0 radical (unpaired) electrons. The molecule has 5 nitrogen and oxygen atoms in total. The van der Waals surface area contributed by atoms with Gasteiger partial charge in [0, 0.05) is 12.7 Å². The number of benzene rings is 1. The van der Waals surface area contributed by atoms with Crippen LogP contribution in [0.5, 0.6) is 0 Å². The molecule has 0 bridgehead atoms. The maximum absolute atomic E-state index is 9.10. The molecule has 0 fully saturated rings. The average Bonchev–Trinajstić information content (AvgIpc) is 2.45. The van der Waals surface area contributed by atoms with Crippen LogP contribution in [0.4, 0.5) is 11.6 Å². The molecule has 92 valence electrons. The van der Waals surface area contributed by atoms with Crippen molar-refractivity contribution in [3.05, 3.63) is 47.3 Å². The lowest BCUT2D eigenvalue weighted by atomic mass is 10.2. The monoisotopic (exact) mass is 249 g/mol. The summed E-state index contributed by atoms with van der Waals surface area (Å²) in [6.45, 7) is 1.80. The van der Waals surface area contributed by atoms with Gasteiger partial charge in [-0.15, -0.1) is 0 Å². The van der Waals surface area contributed by atoms with Gasteiger partial charge in [-0.25, -0.2) is 9.97 Å². The third-order valence-electron chi connectivity index (χ3n) is 2.64. The number of hydrogen-bond acceptors (Lipinski definition) is 5. The van der Waals surface area contributed by atoms with Gasteiger partial charge in [0.2, 0.25) is 5.95 Å². The van der Waals surface area contributed by atoms with E-state index in [1.807, 2.05) is 18.2 Å². The smallest absolute Gasteiger partial charge is 0.231 e. The van der Waals surface area contributed by atoms with Crippen molar-refractivity contribution in [2.75, 3.05) is 11.9 Å². The molecule has 1 aromatic carbocycles. The van der Waals surface area contributed by atoms with Crippen molar-refractivity contribution in [1.82, 2.24) is 9.97 Å². The molecule has 2 rings (SSSR count). The van der Waals surface area contributed by atoms with Crippen LogP contribution in [0.25, 0.3) is 0 Å². The van der Waals surface area contributed by atoms with E-state index < -0.39 is 0 Å². The summed E-state index contributed by atoms with van der Waals surface area (Å²) in [5.74, 6) is 0.402. The Kier molecular flexibility index (Phi) is 3.40. The van der Waals surface area contributed by atoms with E-state index >= 15 is 0 Å². The molecule has 1 heterocycles. The first-order valence-electron chi connectivity index (χ1n) is 5.64. The SMILES string of the molecule is Cc1cc(C#N)nc(N(C)c2ccccc2C#N)n1. The summed E-state index contributed by atoms with van der Waals surface area (Å²) >= 11 is 0. The molecule has 0 aliphatic heterocycles. The van der Waals surface area contributed by atoms with E-state index in [0.717, 1.165) is 0 Å². The third-order valence-corrected chi connectivity index (χ3v) is 2.64. The van der Waals surface area contributed by atoms with Crippen LogP contribution >= 0.6 is 0 Å². The first kappa shape index (κ1) is 12.5. The Morgan fingerprint density at radius 3 is 2.53 bits per heavy atom. The van der Waals surface area contributed by atoms with Crippen LogP contribution in [0, 0.1) is 29.6 Å². The molecule has 0 atom stereocenters. The molecule has 5 heteroatoms. The van der Waals surface area contributed by atoms with Gasteiger partial charge in [0.1, 0.15) is 17.8 Å². The molecule has 0 spiro atoms. The highest BCUT2D eigenvalue weighted by Gasteiger charge is 2.12. The normalized spacial score (nSPS) is 9.47. The topological polar surface area (TPSA) is 76.6 Å². The van der Waals surface area contributed by atoms with Crippen LogP contribution in [0.15, 0.2) is 30.3 Å². The van der Waals surface area contributed by atoms with Gasteiger partial charge in [0.15, 0.2) is 0 Å². The van der Waals surface area contributed by atoms with Gasteiger partial charge in [0.05, 0.1) is 11.3 Å². The van der Waals surface area contributed by atoms with Crippen LogP contribution in [-0.4, -0.2) is 17.0 Å². The molecule has 2 aromatic rings. The minimum Gasteiger partial charge on any atom is -0.312 e. The van der Waals surface area contributed by atoms with Crippen molar-refractivity contribution in [1.29, 1.82) is 10.5 Å². The number of anilines is 2. The van der Waals surface area contributed by atoms with Gasteiger partial charge in [-0.2, -0.15) is 10.5 Å². The summed E-state index contributed by atoms with van der Waals surface area (Å²) in [6, 6.07) is 12.9. The maximum Gasteiger partial charge on any atom is 0.231 e. The molecule has 0 aliphatic rings. The summed E-state index contributed by atoms with van der Waals surface area (Å²) in [4.78, 5) is 10.1. The second kappa shape index (κ2) is 5.16. The van der Waals surface area contributed by atoms with Crippen molar-refractivity contribution < 1.29 is 0 Å². The lowest BCUT2D eigenvalue weighted by Crippen LogP contribution is -2.15. The third kappa shape index (κ3) is 2.51. The number of aromatic nitrogens is 2. The van der Waals surface area contributed by atoms with Gasteiger partial charge in [-0.05, 0) is 25.1 Å². The summed E-state index contributed by atoms with van der Waals surface area (Å²) < 4.78 is 0. The molecule has 1 aromatic heterocycles. The fourth-order valence-electron chi connectivity index (χ4n) is 1.73. The molecule has 0 amide bonds. The zero-order valence-electron chi connectivity index (χ0n) is 10.6. The van der Waals surface area contributed by atoms with Crippen LogP contribution in [0.1, 0.15) is 17.0 Å². The Labute approximate surface area is 111 Å². The Bertz CT molecular complexity index is 694. The summed E-state index contributed by atoms with van der Waals surface area (Å²) in [6.07, 6.45) is 0. The standard InChI is InChI=1S/C14H11N5/c1-10-7-12(9-16)18-14(17-10)19(2)13-6-4-3-5-11(13)8-15/h3-7H,1-2H3. The Hall–Kier alpha value is -2.92. The van der Waals surface area contributed by atoms with Crippen LogP contribution in [-0.2, 0) is 0 Å². The lowest BCUT2D eigenvalue weighted by molar-refractivity contribution is 1.00. The maximum atomic E-state index is 9.10. The van der Waals surface area contributed by atoms with Gasteiger partial charge in [-0.1, -0.05) is 12.1 Å². The number of rotatable bonds is 2.